The monoisotopic (exact) mass is 198 g/mol. The molecular weight excluding hydrogens is 176 g/mol. The molecule has 0 amide bonds. The van der Waals surface area contributed by atoms with Crippen molar-refractivity contribution in [1.29, 1.82) is 0 Å². The highest BCUT2D eigenvalue weighted by Gasteiger charge is 1.90. The minimum absolute atomic E-state index is 0.443. The van der Waals surface area contributed by atoms with Crippen molar-refractivity contribution in [3.05, 3.63) is 0 Å². The molecule has 0 N–H and O–H groups in total. The van der Waals surface area contributed by atoms with Gasteiger partial charge >= 0.3 is 0 Å². The van der Waals surface area contributed by atoms with E-state index in [9.17, 15) is 0 Å². The fourth-order valence-corrected chi connectivity index (χ4v) is 1.11. The van der Waals surface area contributed by atoms with Gasteiger partial charge in [-0.15, -0.1) is 12.3 Å². The lowest BCUT2D eigenvalue weighted by Gasteiger charge is -2.04. The van der Waals surface area contributed by atoms with Crippen molar-refractivity contribution in [3.63, 3.8) is 0 Å². The van der Waals surface area contributed by atoms with Crippen LogP contribution < -0.4 is 0 Å². The van der Waals surface area contributed by atoms with E-state index in [0.29, 0.717) is 6.79 Å². The highest BCUT2D eigenvalue weighted by Crippen LogP contribution is 2.02. The van der Waals surface area contributed by atoms with Crippen LogP contribution in [-0.4, -0.2) is 20.0 Å². The van der Waals surface area contributed by atoms with E-state index >= 15 is 0 Å². The number of unbranched alkanes of at least 4 members (excludes halogenated alkanes) is 4. The lowest BCUT2D eigenvalue weighted by atomic mass is 10.1. The van der Waals surface area contributed by atoms with Crippen LogP contribution in [0.3, 0.4) is 0 Å². The summed E-state index contributed by atoms with van der Waals surface area (Å²) >= 11 is 0. The molecule has 0 aliphatic rings. The Kier molecular flexibility index (Phi) is 12.0. The van der Waals surface area contributed by atoms with Crippen molar-refractivity contribution in [2.75, 3.05) is 20.0 Å². The van der Waals surface area contributed by atoms with Crippen LogP contribution in [0.15, 0.2) is 0 Å². The van der Waals surface area contributed by atoms with Gasteiger partial charge in [-0.2, -0.15) is 0 Å². The molecule has 2 nitrogen and oxygen atoms in total. The Bertz CT molecular complexity index is 138. The Balaban J connectivity index is 2.82. The summed E-state index contributed by atoms with van der Waals surface area (Å²) in [6, 6.07) is 0. The zero-order valence-corrected chi connectivity index (χ0v) is 9.26. The van der Waals surface area contributed by atoms with Gasteiger partial charge in [-0.05, 0) is 19.3 Å². The maximum Gasteiger partial charge on any atom is 0.146 e. The lowest BCUT2D eigenvalue weighted by Crippen LogP contribution is -2.02. The molecule has 0 bridgehead atoms. The normalized spacial score (nSPS) is 10.0. The highest BCUT2D eigenvalue weighted by atomic mass is 16.7. The fourth-order valence-electron chi connectivity index (χ4n) is 1.11. The van der Waals surface area contributed by atoms with E-state index in [-0.39, 0.29) is 0 Å². The van der Waals surface area contributed by atoms with Crippen LogP contribution >= 0.6 is 0 Å². The third-order valence-electron chi connectivity index (χ3n) is 1.87. The Morgan fingerprint density at radius 1 is 1.00 bits per heavy atom. The van der Waals surface area contributed by atoms with Crippen molar-refractivity contribution < 1.29 is 9.47 Å². The molecule has 0 aromatic carbocycles. The second-order valence-corrected chi connectivity index (χ2v) is 3.30. The smallest absolute Gasteiger partial charge is 0.146 e. The zero-order chi connectivity index (χ0) is 10.5. The Labute approximate surface area is 88.0 Å². The first kappa shape index (κ1) is 13.5. The van der Waals surface area contributed by atoms with E-state index in [4.69, 9.17) is 15.9 Å². The minimum atomic E-state index is 0.443. The molecule has 0 rings (SSSR count). The molecule has 0 fully saturated rings. The summed E-state index contributed by atoms with van der Waals surface area (Å²) in [6.45, 7) is 4.13. The van der Waals surface area contributed by atoms with Gasteiger partial charge in [-0.25, -0.2) is 0 Å². The predicted octanol–water partition coefficient (Wildman–Crippen LogP) is 2.97. The molecule has 0 saturated heterocycles. The summed E-state index contributed by atoms with van der Waals surface area (Å²) < 4.78 is 10.5. The maximum absolute atomic E-state index is 5.28. The molecule has 0 atom stereocenters. The topological polar surface area (TPSA) is 18.5 Å². The van der Waals surface area contributed by atoms with Gasteiger partial charge in [0.2, 0.25) is 0 Å². The van der Waals surface area contributed by atoms with Crippen LogP contribution in [0.4, 0.5) is 0 Å². The van der Waals surface area contributed by atoms with Crippen LogP contribution in [0.1, 0.15) is 45.4 Å². The second kappa shape index (κ2) is 12.5. The van der Waals surface area contributed by atoms with Gasteiger partial charge in [0.25, 0.3) is 0 Å². The van der Waals surface area contributed by atoms with Gasteiger partial charge in [-0.1, -0.05) is 19.8 Å². The van der Waals surface area contributed by atoms with Crippen LogP contribution in [0.25, 0.3) is 0 Å². The maximum atomic E-state index is 5.28. The van der Waals surface area contributed by atoms with Crippen LogP contribution in [0.2, 0.25) is 0 Å². The van der Waals surface area contributed by atoms with Crippen molar-refractivity contribution in [2.45, 2.75) is 45.4 Å². The van der Waals surface area contributed by atoms with Gasteiger partial charge in [0, 0.05) is 19.6 Å². The standard InChI is InChI=1S/C12H22O2/c1-3-5-6-7-8-9-11-14-12-13-10-4-2/h1H,4-12H2,2H3. The van der Waals surface area contributed by atoms with Gasteiger partial charge in [0.1, 0.15) is 6.79 Å². The Morgan fingerprint density at radius 3 is 2.43 bits per heavy atom. The summed E-state index contributed by atoms with van der Waals surface area (Å²) in [6.07, 6.45) is 11.8. The average Bonchev–Trinajstić information content (AvgIpc) is 2.21. The van der Waals surface area contributed by atoms with E-state index in [1.165, 1.54) is 12.8 Å². The molecule has 2 heteroatoms. The van der Waals surface area contributed by atoms with Crippen molar-refractivity contribution in [3.8, 4) is 12.3 Å². The largest absolute Gasteiger partial charge is 0.355 e. The molecule has 82 valence electrons. The van der Waals surface area contributed by atoms with Gasteiger partial charge in [0.15, 0.2) is 0 Å². The van der Waals surface area contributed by atoms with Gasteiger partial charge in [0.05, 0.1) is 0 Å². The van der Waals surface area contributed by atoms with E-state index in [0.717, 1.165) is 38.9 Å². The van der Waals surface area contributed by atoms with E-state index < -0.39 is 0 Å². The molecule has 0 unspecified atom stereocenters. The number of terminal acetylenes is 1. The van der Waals surface area contributed by atoms with Crippen LogP contribution in [0.5, 0.6) is 0 Å². The number of hydrogen-bond donors (Lipinski definition) is 0. The molecule has 0 aliphatic heterocycles. The molecule has 0 aromatic heterocycles. The summed E-state index contributed by atoms with van der Waals surface area (Å²) in [7, 11) is 0. The summed E-state index contributed by atoms with van der Waals surface area (Å²) in [5, 5.41) is 0. The lowest BCUT2D eigenvalue weighted by molar-refractivity contribution is -0.0543. The van der Waals surface area contributed by atoms with Crippen molar-refractivity contribution in [1.82, 2.24) is 0 Å². The summed E-state index contributed by atoms with van der Waals surface area (Å²) in [5.41, 5.74) is 0. The van der Waals surface area contributed by atoms with Crippen LogP contribution in [0, 0.1) is 12.3 Å². The second-order valence-electron chi connectivity index (χ2n) is 3.30. The first-order valence-electron chi connectivity index (χ1n) is 5.50. The number of ether oxygens (including phenoxy) is 2. The predicted molar refractivity (Wildman–Crippen MR) is 59.0 cm³/mol. The number of hydrogen-bond acceptors (Lipinski definition) is 2. The quantitative estimate of drug-likeness (QED) is 0.305. The van der Waals surface area contributed by atoms with E-state index in [1.807, 2.05) is 0 Å². The van der Waals surface area contributed by atoms with E-state index in [1.54, 1.807) is 0 Å². The molecule has 14 heavy (non-hydrogen) atoms. The first-order valence-corrected chi connectivity index (χ1v) is 5.50. The third kappa shape index (κ3) is 11.5. The SMILES string of the molecule is C#CCCCCCCOCOCCC. The fraction of sp³-hybridized carbons (Fsp3) is 0.833. The van der Waals surface area contributed by atoms with Crippen LogP contribution in [-0.2, 0) is 9.47 Å². The molecule has 0 aromatic rings. The average molecular weight is 198 g/mol. The molecular formula is C12H22O2. The molecule has 0 spiro atoms. The van der Waals surface area contributed by atoms with Gasteiger partial charge < -0.3 is 9.47 Å². The third-order valence-corrected chi connectivity index (χ3v) is 1.87. The summed E-state index contributed by atoms with van der Waals surface area (Å²) in [5.74, 6) is 2.64. The highest BCUT2D eigenvalue weighted by molar-refractivity contribution is 4.82. The number of rotatable bonds is 10. The zero-order valence-electron chi connectivity index (χ0n) is 9.26. The summed E-state index contributed by atoms with van der Waals surface area (Å²) in [4.78, 5) is 0. The molecule has 0 heterocycles. The van der Waals surface area contributed by atoms with Crippen molar-refractivity contribution in [2.24, 2.45) is 0 Å². The molecule has 0 radical (unpaired) electrons. The van der Waals surface area contributed by atoms with Crippen molar-refractivity contribution >= 4 is 0 Å². The molecule has 0 aliphatic carbocycles. The Hall–Kier alpha value is -0.520. The van der Waals surface area contributed by atoms with Gasteiger partial charge in [-0.3, -0.25) is 0 Å². The minimum Gasteiger partial charge on any atom is -0.355 e. The van der Waals surface area contributed by atoms with E-state index in [2.05, 4.69) is 12.8 Å². The molecule has 0 saturated carbocycles. The Morgan fingerprint density at radius 2 is 1.71 bits per heavy atom. The first-order chi connectivity index (χ1) is 6.91.